The zero-order chi connectivity index (χ0) is 10.1. The minimum atomic E-state index is 0.724. The monoisotopic (exact) mass is 287 g/mol. The molecule has 0 aliphatic rings. The Labute approximate surface area is 99.9 Å². The highest BCUT2D eigenvalue weighted by molar-refractivity contribution is 9.10. The van der Waals surface area contributed by atoms with Crippen molar-refractivity contribution in [1.29, 1.82) is 0 Å². The molecular weight excluding hydrogens is 282 g/mol. The molecule has 1 heterocycles. The molecule has 0 saturated heterocycles. The first-order valence-electron chi connectivity index (χ1n) is 4.04. The summed E-state index contributed by atoms with van der Waals surface area (Å²) in [6.45, 7) is 2.05. The van der Waals surface area contributed by atoms with E-state index in [0.717, 1.165) is 20.1 Å². The second-order valence-corrected chi connectivity index (χ2v) is 5.40. The lowest BCUT2D eigenvalue weighted by atomic mass is 10.2. The Hall–Kier alpha value is -0.380. The second-order valence-electron chi connectivity index (χ2n) is 2.90. The van der Waals surface area contributed by atoms with Crippen molar-refractivity contribution in [3.05, 3.63) is 38.8 Å². The molecule has 0 saturated carbocycles. The zero-order valence-electron chi connectivity index (χ0n) is 7.42. The summed E-state index contributed by atoms with van der Waals surface area (Å²) in [5.74, 6) is 0. The standard InChI is InChI=1S/C10H7BrClNS/c1-6-5-13-10(14-6)7-2-3-9(12)8(11)4-7/h2-5H,1H3. The Morgan fingerprint density at radius 2 is 2.21 bits per heavy atom. The number of halogens is 2. The summed E-state index contributed by atoms with van der Waals surface area (Å²) in [4.78, 5) is 5.53. The van der Waals surface area contributed by atoms with Crippen LogP contribution in [0, 0.1) is 6.92 Å². The fraction of sp³-hybridized carbons (Fsp3) is 0.100. The maximum atomic E-state index is 5.91. The molecule has 0 radical (unpaired) electrons. The molecule has 0 bridgehead atoms. The Balaban J connectivity index is 2.47. The van der Waals surface area contributed by atoms with Gasteiger partial charge in [0.15, 0.2) is 0 Å². The normalized spacial score (nSPS) is 10.5. The number of aromatic nitrogens is 1. The Morgan fingerprint density at radius 3 is 2.79 bits per heavy atom. The number of thiazole rings is 1. The van der Waals surface area contributed by atoms with E-state index in [1.54, 1.807) is 11.3 Å². The van der Waals surface area contributed by atoms with Gasteiger partial charge in [-0.3, -0.25) is 0 Å². The van der Waals surface area contributed by atoms with E-state index in [1.165, 1.54) is 4.88 Å². The molecule has 2 aromatic rings. The first kappa shape index (κ1) is 10.1. The molecule has 0 unspecified atom stereocenters. The van der Waals surface area contributed by atoms with Crippen LogP contribution in [0.1, 0.15) is 4.88 Å². The third kappa shape index (κ3) is 2.00. The van der Waals surface area contributed by atoms with Crippen molar-refractivity contribution in [2.75, 3.05) is 0 Å². The van der Waals surface area contributed by atoms with E-state index in [-0.39, 0.29) is 0 Å². The van der Waals surface area contributed by atoms with Gasteiger partial charge in [0, 0.05) is 21.1 Å². The van der Waals surface area contributed by atoms with Crippen LogP contribution in [0.5, 0.6) is 0 Å². The molecule has 1 aromatic carbocycles. The van der Waals surface area contributed by atoms with E-state index in [1.807, 2.05) is 31.3 Å². The smallest absolute Gasteiger partial charge is 0.123 e. The van der Waals surface area contributed by atoms with Crippen LogP contribution < -0.4 is 0 Å². The predicted molar refractivity (Wildman–Crippen MR) is 65.0 cm³/mol. The lowest BCUT2D eigenvalue weighted by molar-refractivity contribution is 1.38. The number of aryl methyl sites for hydroxylation is 1. The number of benzene rings is 1. The molecule has 0 aliphatic carbocycles. The van der Waals surface area contributed by atoms with E-state index >= 15 is 0 Å². The van der Waals surface area contributed by atoms with E-state index in [4.69, 9.17) is 11.6 Å². The van der Waals surface area contributed by atoms with Crippen LogP contribution in [-0.2, 0) is 0 Å². The van der Waals surface area contributed by atoms with Gasteiger partial charge in [0.05, 0.1) is 5.02 Å². The maximum Gasteiger partial charge on any atom is 0.123 e. The van der Waals surface area contributed by atoms with Gasteiger partial charge >= 0.3 is 0 Å². The average Bonchev–Trinajstić information content (AvgIpc) is 2.57. The van der Waals surface area contributed by atoms with Crippen LogP contribution in [0.25, 0.3) is 10.6 Å². The van der Waals surface area contributed by atoms with Gasteiger partial charge in [-0.1, -0.05) is 17.7 Å². The molecule has 1 nitrogen and oxygen atoms in total. The summed E-state index contributed by atoms with van der Waals surface area (Å²) in [5, 5.41) is 1.75. The van der Waals surface area contributed by atoms with Crippen molar-refractivity contribution in [2.24, 2.45) is 0 Å². The summed E-state index contributed by atoms with van der Waals surface area (Å²) in [6, 6.07) is 5.84. The maximum absolute atomic E-state index is 5.91. The molecule has 4 heteroatoms. The minimum absolute atomic E-state index is 0.724. The molecule has 0 aliphatic heterocycles. The Kier molecular flexibility index (Phi) is 2.91. The van der Waals surface area contributed by atoms with Crippen LogP contribution in [0.3, 0.4) is 0 Å². The van der Waals surface area contributed by atoms with Gasteiger partial charge in [0.25, 0.3) is 0 Å². The Morgan fingerprint density at radius 1 is 1.43 bits per heavy atom. The summed E-state index contributed by atoms with van der Waals surface area (Å²) >= 11 is 11.0. The van der Waals surface area contributed by atoms with Crippen molar-refractivity contribution in [3.63, 3.8) is 0 Å². The lowest BCUT2D eigenvalue weighted by Gasteiger charge is -1.98. The Bertz CT molecular complexity index is 467. The first-order valence-corrected chi connectivity index (χ1v) is 6.03. The van der Waals surface area contributed by atoms with Gasteiger partial charge in [-0.25, -0.2) is 4.98 Å². The SMILES string of the molecule is Cc1cnc(-c2ccc(Cl)c(Br)c2)s1. The second kappa shape index (κ2) is 4.01. The van der Waals surface area contributed by atoms with Crippen molar-refractivity contribution < 1.29 is 0 Å². The summed E-state index contributed by atoms with van der Waals surface area (Å²) in [5.41, 5.74) is 1.10. The minimum Gasteiger partial charge on any atom is -0.244 e. The zero-order valence-corrected chi connectivity index (χ0v) is 10.6. The van der Waals surface area contributed by atoms with Crippen molar-refractivity contribution in [1.82, 2.24) is 4.98 Å². The molecule has 0 amide bonds. The number of hydrogen-bond acceptors (Lipinski definition) is 2. The molecular formula is C10H7BrClNS. The predicted octanol–water partition coefficient (Wildman–Crippen LogP) is 4.53. The average molecular weight is 289 g/mol. The van der Waals surface area contributed by atoms with E-state index in [2.05, 4.69) is 20.9 Å². The van der Waals surface area contributed by atoms with Gasteiger partial charge < -0.3 is 0 Å². The van der Waals surface area contributed by atoms with Crippen LogP contribution >= 0.6 is 38.9 Å². The molecule has 2 rings (SSSR count). The summed E-state index contributed by atoms with van der Waals surface area (Å²) in [7, 11) is 0. The highest BCUT2D eigenvalue weighted by atomic mass is 79.9. The van der Waals surface area contributed by atoms with Crippen LogP contribution in [0.4, 0.5) is 0 Å². The molecule has 1 aromatic heterocycles. The van der Waals surface area contributed by atoms with Crippen molar-refractivity contribution in [3.8, 4) is 10.6 Å². The third-order valence-electron chi connectivity index (χ3n) is 1.79. The van der Waals surface area contributed by atoms with Crippen LogP contribution in [0.2, 0.25) is 5.02 Å². The molecule has 0 fully saturated rings. The highest BCUT2D eigenvalue weighted by Crippen LogP contribution is 2.30. The summed E-state index contributed by atoms with van der Waals surface area (Å²) in [6.07, 6.45) is 1.88. The molecule has 72 valence electrons. The topological polar surface area (TPSA) is 12.9 Å². The number of hydrogen-bond donors (Lipinski definition) is 0. The van der Waals surface area contributed by atoms with E-state index < -0.39 is 0 Å². The lowest BCUT2D eigenvalue weighted by Crippen LogP contribution is -1.76. The van der Waals surface area contributed by atoms with Crippen molar-refractivity contribution in [2.45, 2.75) is 6.92 Å². The third-order valence-corrected chi connectivity index (χ3v) is 3.96. The number of rotatable bonds is 1. The van der Waals surface area contributed by atoms with Gasteiger partial charge in [0.2, 0.25) is 0 Å². The van der Waals surface area contributed by atoms with Gasteiger partial charge in [0.1, 0.15) is 5.01 Å². The first-order chi connectivity index (χ1) is 6.66. The van der Waals surface area contributed by atoms with E-state index in [9.17, 15) is 0 Å². The van der Waals surface area contributed by atoms with Gasteiger partial charge in [-0.2, -0.15) is 0 Å². The van der Waals surface area contributed by atoms with Gasteiger partial charge in [-0.05, 0) is 35.0 Å². The highest BCUT2D eigenvalue weighted by Gasteiger charge is 2.04. The molecule has 0 spiro atoms. The molecule has 0 atom stereocenters. The molecule has 0 N–H and O–H groups in total. The number of nitrogens with zero attached hydrogens (tertiary/aromatic N) is 1. The van der Waals surface area contributed by atoms with Gasteiger partial charge in [-0.15, -0.1) is 11.3 Å². The van der Waals surface area contributed by atoms with Crippen LogP contribution in [-0.4, -0.2) is 4.98 Å². The fourth-order valence-electron chi connectivity index (χ4n) is 1.12. The fourth-order valence-corrected chi connectivity index (χ4v) is 2.37. The van der Waals surface area contributed by atoms with Crippen molar-refractivity contribution >= 4 is 38.9 Å². The molecule has 14 heavy (non-hydrogen) atoms. The van der Waals surface area contributed by atoms with Crippen LogP contribution in [0.15, 0.2) is 28.9 Å². The largest absolute Gasteiger partial charge is 0.244 e. The van der Waals surface area contributed by atoms with E-state index in [0.29, 0.717) is 0 Å². The summed E-state index contributed by atoms with van der Waals surface area (Å²) < 4.78 is 0.907. The quantitative estimate of drug-likeness (QED) is 0.751.